The van der Waals surface area contributed by atoms with Crippen LogP contribution in [-0.4, -0.2) is 57.4 Å². The molecule has 46 heavy (non-hydrogen) atoms. The Kier molecular flexibility index (Phi) is 12.4. The summed E-state index contributed by atoms with van der Waals surface area (Å²) in [5, 5.41) is 34.1. The first kappa shape index (κ1) is 33.4. The highest BCUT2D eigenvalue weighted by atomic mass is 16.3. The summed E-state index contributed by atoms with van der Waals surface area (Å²) >= 11 is 0. The predicted octanol–water partition coefficient (Wildman–Crippen LogP) is 7.16. The Labute approximate surface area is 274 Å². The summed E-state index contributed by atoms with van der Waals surface area (Å²) in [6.07, 6.45) is 8.55. The molecular weight excluding hydrogens is 568 g/mol. The van der Waals surface area contributed by atoms with Crippen LogP contribution in [0.2, 0.25) is 0 Å². The summed E-state index contributed by atoms with van der Waals surface area (Å²) in [7, 11) is 0. The van der Waals surface area contributed by atoms with Crippen molar-refractivity contribution < 1.29 is 15.3 Å². The molecule has 0 spiro atoms. The third-order valence-electron chi connectivity index (χ3n) is 8.84. The molecule has 0 radical (unpaired) electrons. The van der Waals surface area contributed by atoms with Crippen molar-refractivity contribution in [2.24, 2.45) is 0 Å². The second kappa shape index (κ2) is 17.1. The number of nitrogens with zero attached hydrogens (tertiary/aromatic N) is 2. The van der Waals surface area contributed by atoms with Crippen LogP contribution in [0, 0.1) is 6.92 Å². The number of aliphatic hydroxyl groups is 2. The first-order chi connectivity index (χ1) is 22.4. The van der Waals surface area contributed by atoms with E-state index in [-0.39, 0.29) is 0 Å². The molecule has 0 amide bonds. The van der Waals surface area contributed by atoms with Crippen LogP contribution in [0.5, 0.6) is 5.75 Å². The fraction of sp³-hybridized carbons (Fsp3) is 0.317. The Morgan fingerprint density at radius 1 is 0.674 bits per heavy atom. The highest BCUT2D eigenvalue weighted by Gasteiger charge is 2.21. The van der Waals surface area contributed by atoms with Gasteiger partial charge >= 0.3 is 0 Å². The van der Waals surface area contributed by atoms with Crippen molar-refractivity contribution >= 4 is 0 Å². The molecule has 0 aliphatic heterocycles. The quantitative estimate of drug-likeness (QED) is 0.125. The van der Waals surface area contributed by atoms with Gasteiger partial charge in [-0.1, -0.05) is 127 Å². The van der Waals surface area contributed by atoms with Gasteiger partial charge in [-0.3, -0.25) is 9.80 Å². The average Bonchev–Trinajstić information content (AvgIpc) is 3.09. The molecular formula is C41H48N2O3. The van der Waals surface area contributed by atoms with Crippen molar-refractivity contribution in [2.75, 3.05) is 26.2 Å². The predicted molar refractivity (Wildman–Crippen MR) is 188 cm³/mol. The second-order valence-electron chi connectivity index (χ2n) is 12.5. The van der Waals surface area contributed by atoms with Crippen molar-refractivity contribution in [2.45, 2.75) is 57.9 Å². The molecule has 2 atom stereocenters. The largest absolute Gasteiger partial charge is 0.507 e. The van der Waals surface area contributed by atoms with E-state index in [4.69, 9.17) is 0 Å². The van der Waals surface area contributed by atoms with E-state index in [0.717, 1.165) is 66.6 Å². The lowest BCUT2D eigenvalue weighted by atomic mass is 9.98. The van der Waals surface area contributed by atoms with Crippen molar-refractivity contribution in [3.63, 3.8) is 0 Å². The second-order valence-corrected chi connectivity index (χ2v) is 12.5. The number of phenolic OH excluding ortho intramolecular Hbond substituents is 1. The molecule has 0 bridgehead atoms. The molecule has 1 unspecified atom stereocenters. The Bertz CT molecular complexity index is 1550. The van der Waals surface area contributed by atoms with Crippen LogP contribution in [0.15, 0.2) is 127 Å². The lowest BCUT2D eigenvalue weighted by molar-refractivity contribution is 0.109. The molecule has 4 aromatic carbocycles. The highest BCUT2D eigenvalue weighted by molar-refractivity contribution is 5.43. The summed E-state index contributed by atoms with van der Waals surface area (Å²) in [4.78, 5) is 4.50. The zero-order valence-corrected chi connectivity index (χ0v) is 27.0. The van der Waals surface area contributed by atoms with E-state index in [1.165, 1.54) is 11.1 Å². The summed E-state index contributed by atoms with van der Waals surface area (Å²) in [6, 6.07) is 34.7. The van der Waals surface area contributed by atoms with Crippen LogP contribution >= 0.6 is 0 Å². The maximum absolute atomic E-state index is 11.7. The Balaban J connectivity index is 1.35. The van der Waals surface area contributed by atoms with Crippen LogP contribution < -0.4 is 0 Å². The van der Waals surface area contributed by atoms with E-state index < -0.39 is 12.2 Å². The van der Waals surface area contributed by atoms with Gasteiger partial charge in [-0.25, -0.2) is 0 Å². The molecule has 0 aromatic heterocycles. The molecule has 240 valence electrons. The average molecular weight is 617 g/mol. The molecule has 0 heterocycles. The lowest BCUT2D eigenvalue weighted by Gasteiger charge is -2.29. The SMILES string of the molecule is Cc1cc(CN(CCc2ccccc2)CC(O)c2ccccc2)c(O)c(CN(CCc2ccccc2)C[C@H](O)C2=CC=CCC2)c1. The van der Waals surface area contributed by atoms with Gasteiger partial charge in [0.2, 0.25) is 0 Å². The van der Waals surface area contributed by atoms with Crippen molar-refractivity contribution in [1.82, 2.24) is 9.80 Å². The Morgan fingerprint density at radius 3 is 1.67 bits per heavy atom. The number of benzene rings is 4. The number of rotatable bonds is 16. The molecule has 5 heteroatoms. The van der Waals surface area contributed by atoms with Gasteiger partial charge in [0.15, 0.2) is 0 Å². The van der Waals surface area contributed by atoms with Gasteiger partial charge in [-0.05, 0) is 54.9 Å². The molecule has 1 aliphatic carbocycles. The summed E-state index contributed by atoms with van der Waals surface area (Å²) in [5.74, 6) is 0.295. The first-order valence-electron chi connectivity index (χ1n) is 16.5. The van der Waals surface area contributed by atoms with Crippen LogP contribution in [0.3, 0.4) is 0 Å². The molecule has 5 nitrogen and oxygen atoms in total. The zero-order valence-electron chi connectivity index (χ0n) is 27.0. The van der Waals surface area contributed by atoms with Gasteiger partial charge in [0.25, 0.3) is 0 Å². The molecule has 1 aliphatic rings. The third-order valence-corrected chi connectivity index (χ3v) is 8.84. The number of allylic oxidation sites excluding steroid dienone is 3. The molecule has 0 fully saturated rings. The number of phenols is 1. The first-order valence-corrected chi connectivity index (χ1v) is 16.5. The smallest absolute Gasteiger partial charge is 0.124 e. The normalized spacial score (nSPS) is 14.4. The topological polar surface area (TPSA) is 67.2 Å². The van der Waals surface area contributed by atoms with Crippen LogP contribution in [0.25, 0.3) is 0 Å². The van der Waals surface area contributed by atoms with E-state index in [0.29, 0.717) is 31.9 Å². The van der Waals surface area contributed by atoms with Crippen molar-refractivity contribution in [3.8, 4) is 5.75 Å². The van der Waals surface area contributed by atoms with Gasteiger partial charge in [-0.15, -0.1) is 0 Å². The number of aryl methyl sites for hydroxylation is 1. The lowest BCUT2D eigenvalue weighted by Crippen LogP contribution is -2.35. The van der Waals surface area contributed by atoms with E-state index in [1.807, 2.05) is 54.6 Å². The summed E-state index contributed by atoms with van der Waals surface area (Å²) < 4.78 is 0. The minimum atomic E-state index is -0.637. The number of aliphatic hydroxyl groups excluding tert-OH is 2. The van der Waals surface area contributed by atoms with E-state index >= 15 is 0 Å². The van der Waals surface area contributed by atoms with Crippen molar-refractivity contribution in [1.29, 1.82) is 0 Å². The zero-order chi connectivity index (χ0) is 32.1. The molecule has 4 aromatic rings. The monoisotopic (exact) mass is 616 g/mol. The Morgan fingerprint density at radius 2 is 1.17 bits per heavy atom. The number of hydrogen-bond donors (Lipinski definition) is 3. The third kappa shape index (κ3) is 10.0. The van der Waals surface area contributed by atoms with Crippen LogP contribution in [-0.2, 0) is 25.9 Å². The molecule has 0 saturated carbocycles. The fourth-order valence-corrected chi connectivity index (χ4v) is 6.28. The minimum Gasteiger partial charge on any atom is -0.507 e. The highest BCUT2D eigenvalue weighted by Crippen LogP contribution is 2.29. The van der Waals surface area contributed by atoms with Gasteiger partial charge in [0, 0.05) is 50.4 Å². The fourth-order valence-electron chi connectivity index (χ4n) is 6.28. The van der Waals surface area contributed by atoms with Gasteiger partial charge in [0.1, 0.15) is 5.75 Å². The van der Waals surface area contributed by atoms with E-state index in [2.05, 4.69) is 83.5 Å². The molecule has 5 rings (SSSR count). The standard InChI is InChI=1S/C41H48N2O3/c1-32-26-37(28-42(24-22-33-14-6-2-7-15-33)30-39(44)35-18-10-4-11-19-35)41(46)38(27-32)29-43(25-23-34-16-8-3-9-17-34)31-40(45)36-20-12-5-13-21-36/h2-12,14-20,26-27,39-40,44-46H,13,21-25,28-31H2,1H3/t39?,40-/m0/s1. The number of aromatic hydroxyl groups is 1. The molecule has 0 saturated heterocycles. The van der Waals surface area contributed by atoms with Gasteiger partial charge < -0.3 is 15.3 Å². The van der Waals surface area contributed by atoms with E-state index in [9.17, 15) is 15.3 Å². The van der Waals surface area contributed by atoms with Crippen molar-refractivity contribution in [3.05, 3.63) is 160 Å². The maximum Gasteiger partial charge on any atom is 0.124 e. The van der Waals surface area contributed by atoms with Crippen LogP contribution in [0.4, 0.5) is 0 Å². The minimum absolute atomic E-state index is 0.295. The summed E-state index contributed by atoms with van der Waals surface area (Å²) in [5.41, 5.74) is 7.24. The number of hydrogen-bond acceptors (Lipinski definition) is 5. The van der Waals surface area contributed by atoms with Crippen LogP contribution in [0.1, 0.15) is 52.3 Å². The van der Waals surface area contributed by atoms with Gasteiger partial charge in [-0.2, -0.15) is 0 Å². The summed E-state index contributed by atoms with van der Waals surface area (Å²) in [6.45, 7) is 5.59. The van der Waals surface area contributed by atoms with Gasteiger partial charge in [0.05, 0.1) is 12.2 Å². The van der Waals surface area contributed by atoms with E-state index in [1.54, 1.807) is 0 Å². The molecule has 3 N–H and O–H groups in total. The maximum atomic E-state index is 11.7. The Hall–Kier alpha value is -4.00.